The number of rotatable bonds is 7. The van der Waals surface area contributed by atoms with E-state index in [1.54, 1.807) is 9.36 Å². The molecule has 1 saturated heterocycles. The maximum absolute atomic E-state index is 12.5. The predicted octanol–water partition coefficient (Wildman–Crippen LogP) is 2.08. The largest absolute Gasteiger partial charge is 0.376 e. The van der Waals surface area contributed by atoms with Crippen LogP contribution in [0.15, 0.2) is 41.6 Å². The third-order valence-electron chi connectivity index (χ3n) is 4.33. The summed E-state index contributed by atoms with van der Waals surface area (Å²) in [5.74, 6) is 0.687. The molecular formula is C18H21N7O2S. The molecule has 0 aliphatic carbocycles. The van der Waals surface area contributed by atoms with Crippen LogP contribution in [0.4, 0.5) is 5.82 Å². The molecule has 28 heavy (non-hydrogen) atoms. The highest BCUT2D eigenvalue weighted by Gasteiger charge is 2.19. The van der Waals surface area contributed by atoms with Crippen LogP contribution in [0.25, 0.3) is 5.69 Å². The van der Waals surface area contributed by atoms with Gasteiger partial charge in [-0.3, -0.25) is 4.79 Å². The Bertz CT molecular complexity index is 935. The molecule has 3 heterocycles. The van der Waals surface area contributed by atoms with Crippen LogP contribution < -0.4 is 5.32 Å². The smallest absolute Gasteiger partial charge is 0.236 e. The maximum Gasteiger partial charge on any atom is 0.236 e. The Morgan fingerprint density at radius 1 is 1.36 bits per heavy atom. The first-order valence-electron chi connectivity index (χ1n) is 9.11. The number of aromatic nitrogens is 6. The van der Waals surface area contributed by atoms with E-state index in [1.807, 2.05) is 43.3 Å². The average Bonchev–Trinajstić information content (AvgIpc) is 3.43. The second-order valence-electron chi connectivity index (χ2n) is 6.53. The summed E-state index contributed by atoms with van der Waals surface area (Å²) >= 11 is 1.30. The number of aryl methyl sites for hydroxylation is 1. The minimum atomic E-state index is -0.145. The van der Waals surface area contributed by atoms with E-state index < -0.39 is 0 Å². The molecule has 1 aromatic carbocycles. The molecule has 146 valence electrons. The van der Waals surface area contributed by atoms with Gasteiger partial charge in [0, 0.05) is 12.7 Å². The number of amides is 1. The Kier molecular flexibility index (Phi) is 5.68. The van der Waals surface area contributed by atoms with Gasteiger partial charge in [0.25, 0.3) is 0 Å². The van der Waals surface area contributed by atoms with Gasteiger partial charge in [0.05, 0.1) is 29.8 Å². The number of hydrogen-bond donors (Lipinski definition) is 1. The van der Waals surface area contributed by atoms with Crippen molar-refractivity contribution in [2.24, 2.45) is 0 Å². The Morgan fingerprint density at radius 2 is 2.21 bits per heavy atom. The SMILES string of the molecule is Cc1cc(NC(=O)CSc2nnnn2C[C@@H]2CCCO2)n(-c2ccccc2)n1. The van der Waals surface area contributed by atoms with Crippen molar-refractivity contribution in [3.05, 3.63) is 42.1 Å². The van der Waals surface area contributed by atoms with Gasteiger partial charge in [-0.1, -0.05) is 30.0 Å². The van der Waals surface area contributed by atoms with Gasteiger partial charge in [0.15, 0.2) is 0 Å². The summed E-state index contributed by atoms with van der Waals surface area (Å²) in [5.41, 5.74) is 1.71. The van der Waals surface area contributed by atoms with Gasteiger partial charge in [0.2, 0.25) is 11.1 Å². The fraction of sp³-hybridized carbons (Fsp3) is 0.389. The number of ether oxygens (including phenoxy) is 1. The lowest BCUT2D eigenvalue weighted by Crippen LogP contribution is -2.19. The number of para-hydroxylation sites is 1. The molecule has 10 heteroatoms. The van der Waals surface area contributed by atoms with Crippen molar-refractivity contribution in [2.75, 3.05) is 17.7 Å². The molecule has 1 fully saturated rings. The monoisotopic (exact) mass is 399 g/mol. The zero-order valence-corrected chi connectivity index (χ0v) is 16.3. The lowest BCUT2D eigenvalue weighted by atomic mass is 10.2. The van der Waals surface area contributed by atoms with Gasteiger partial charge in [-0.25, -0.2) is 9.36 Å². The van der Waals surface area contributed by atoms with E-state index in [9.17, 15) is 4.79 Å². The Morgan fingerprint density at radius 3 is 3.00 bits per heavy atom. The molecule has 0 spiro atoms. The normalized spacial score (nSPS) is 16.4. The molecular weight excluding hydrogens is 378 g/mol. The van der Waals surface area contributed by atoms with E-state index >= 15 is 0 Å². The van der Waals surface area contributed by atoms with Gasteiger partial charge in [-0.2, -0.15) is 5.10 Å². The van der Waals surface area contributed by atoms with Gasteiger partial charge in [-0.05, 0) is 42.3 Å². The molecule has 4 rings (SSSR count). The highest BCUT2D eigenvalue weighted by molar-refractivity contribution is 7.99. The number of nitrogens with one attached hydrogen (secondary N) is 1. The third-order valence-corrected chi connectivity index (χ3v) is 5.29. The van der Waals surface area contributed by atoms with E-state index in [0.29, 0.717) is 17.5 Å². The summed E-state index contributed by atoms with van der Waals surface area (Å²) in [7, 11) is 0. The number of thioether (sulfide) groups is 1. The molecule has 9 nitrogen and oxygen atoms in total. The van der Waals surface area contributed by atoms with Gasteiger partial charge >= 0.3 is 0 Å². The molecule has 0 bridgehead atoms. The van der Waals surface area contributed by atoms with Crippen molar-refractivity contribution in [3.63, 3.8) is 0 Å². The summed E-state index contributed by atoms with van der Waals surface area (Å²) in [4.78, 5) is 12.5. The van der Waals surface area contributed by atoms with Crippen molar-refractivity contribution in [3.8, 4) is 5.69 Å². The number of anilines is 1. The number of nitrogens with zero attached hydrogens (tertiary/aromatic N) is 6. The first kappa shape index (κ1) is 18.6. The highest BCUT2D eigenvalue weighted by Crippen LogP contribution is 2.20. The van der Waals surface area contributed by atoms with Crippen LogP contribution in [0.5, 0.6) is 0 Å². The summed E-state index contributed by atoms with van der Waals surface area (Å²) in [5, 5.41) is 19.7. The predicted molar refractivity (Wildman–Crippen MR) is 104 cm³/mol. The molecule has 1 atom stereocenters. The Hall–Kier alpha value is -2.72. The van der Waals surface area contributed by atoms with Crippen molar-refractivity contribution in [1.29, 1.82) is 0 Å². The summed E-state index contributed by atoms with van der Waals surface area (Å²) < 4.78 is 9.05. The van der Waals surface area contributed by atoms with Crippen molar-refractivity contribution >= 4 is 23.5 Å². The van der Waals surface area contributed by atoms with Crippen LogP contribution in [0.1, 0.15) is 18.5 Å². The topological polar surface area (TPSA) is 99.8 Å². The minimum Gasteiger partial charge on any atom is -0.376 e. The Labute approximate surface area is 166 Å². The second-order valence-corrected chi connectivity index (χ2v) is 7.48. The van der Waals surface area contributed by atoms with Crippen LogP contribution in [0, 0.1) is 6.92 Å². The first-order valence-corrected chi connectivity index (χ1v) is 10.1. The maximum atomic E-state index is 12.5. The van der Waals surface area contributed by atoms with Gasteiger partial charge in [0.1, 0.15) is 5.82 Å². The molecule has 0 saturated carbocycles. The van der Waals surface area contributed by atoms with Crippen molar-refractivity contribution in [2.45, 2.75) is 37.6 Å². The standard InChI is InChI=1S/C18H21N7O2S/c1-13-10-16(25(21-13)14-6-3-2-4-7-14)19-17(26)12-28-18-20-22-23-24(18)11-15-8-5-9-27-15/h2-4,6-7,10,15H,5,8-9,11-12H2,1H3,(H,19,26)/t15-/m0/s1. The van der Waals surface area contributed by atoms with Crippen LogP contribution in [-0.2, 0) is 16.1 Å². The zero-order valence-electron chi connectivity index (χ0n) is 15.5. The number of benzene rings is 1. The lowest BCUT2D eigenvalue weighted by molar-refractivity contribution is -0.113. The fourth-order valence-electron chi connectivity index (χ4n) is 3.06. The van der Waals surface area contributed by atoms with E-state index in [4.69, 9.17) is 4.74 Å². The van der Waals surface area contributed by atoms with Crippen LogP contribution in [0.3, 0.4) is 0 Å². The van der Waals surface area contributed by atoms with Crippen LogP contribution in [-0.4, -0.2) is 54.4 Å². The number of hydrogen-bond acceptors (Lipinski definition) is 7. The molecule has 1 N–H and O–H groups in total. The van der Waals surface area contributed by atoms with Crippen molar-refractivity contribution in [1.82, 2.24) is 30.0 Å². The molecule has 0 radical (unpaired) electrons. The minimum absolute atomic E-state index is 0.139. The van der Waals surface area contributed by atoms with Gasteiger partial charge in [-0.15, -0.1) is 5.10 Å². The van der Waals surface area contributed by atoms with Crippen LogP contribution >= 0.6 is 11.8 Å². The number of carbonyl (C=O) groups is 1. The quantitative estimate of drug-likeness (QED) is 0.607. The molecule has 3 aromatic rings. The van der Waals surface area contributed by atoms with Crippen LogP contribution in [0.2, 0.25) is 0 Å². The summed E-state index contributed by atoms with van der Waals surface area (Å²) in [6.07, 6.45) is 2.21. The summed E-state index contributed by atoms with van der Waals surface area (Å²) in [6, 6.07) is 11.5. The van der Waals surface area contributed by atoms with Crippen molar-refractivity contribution < 1.29 is 9.53 Å². The molecule has 1 aliphatic rings. The lowest BCUT2D eigenvalue weighted by Gasteiger charge is -2.10. The molecule has 0 unspecified atom stereocenters. The van der Waals surface area contributed by atoms with E-state index in [-0.39, 0.29) is 17.8 Å². The van der Waals surface area contributed by atoms with E-state index in [0.717, 1.165) is 30.8 Å². The third kappa shape index (κ3) is 4.39. The fourth-order valence-corrected chi connectivity index (χ4v) is 3.75. The molecule has 1 amide bonds. The first-order chi connectivity index (χ1) is 13.7. The number of carbonyl (C=O) groups excluding carboxylic acids is 1. The summed E-state index contributed by atoms with van der Waals surface area (Å²) in [6.45, 7) is 3.28. The van der Waals surface area contributed by atoms with E-state index in [1.165, 1.54) is 11.8 Å². The molecule has 2 aromatic heterocycles. The second kappa shape index (κ2) is 8.53. The average molecular weight is 399 g/mol. The van der Waals surface area contributed by atoms with Gasteiger partial charge < -0.3 is 10.1 Å². The molecule has 1 aliphatic heterocycles. The Balaban J connectivity index is 1.38. The number of tetrazole rings is 1. The van der Waals surface area contributed by atoms with E-state index in [2.05, 4.69) is 25.9 Å². The highest BCUT2D eigenvalue weighted by atomic mass is 32.2. The zero-order chi connectivity index (χ0) is 19.3.